The third-order valence-corrected chi connectivity index (χ3v) is 3.43. The van der Waals surface area contributed by atoms with E-state index in [0.717, 1.165) is 6.42 Å². The summed E-state index contributed by atoms with van der Waals surface area (Å²) in [5, 5.41) is 12.3. The van der Waals surface area contributed by atoms with Crippen LogP contribution in [-0.4, -0.2) is 35.2 Å². The van der Waals surface area contributed by atoms with Crippen molar-refractivity contribution in [3.05, 3.63) is 0 Å². The molecule has 0 aliphatic rings. The number of carbonyl (C=O) groups is 1. The molecule has 1 amide bonds. The maximum atomic E-state index is 11.3. The smallest absolute Gasteiger partial charge is 0.232 e. The van der Waals surface area contributed by atoms with Crippen LogP contribution in [0.15, 0.2) is 0 Å². The second-order valence-electron chi connectivity index (χ2n) is 3.58. The van der Waals surface area contributed by atoms with Gasteiger partial charge >= 0.3 is 0 Å². The van der Waals surface area contributed by atoms with Gasteiger partial charge in [-0.3, -0.25) is 4.79 Å². The molecule has 0 saturated heterocycles. The van der Waals surface area contributed by atoms with Crippen LogP contribution in [0.2, 0.25) is 0 Å². The van der Waals surface area contributed by atoms with Crippen LogP contribution in [0, 0.1) is 5.92 Å². The summed E-state index contributed by atoms with van der Waals surface area (Å²) >= 11 is 1.51. The molecule has 3 atom stereocenters. The standard InChI is InChI=1S/C10H21NO2S/c1-5-7(2)9(12)6-11-10(13)8(3)14-4/h7-9,12H,5-6H2,1-4H3,(H,11,13). The van der Waals surface area contributed by atoms with Crippen molar-refractivity contribution >= 4 is 17.7 Å². The van der Waals surface area contributed by atoms with E-state index in [1.165, 1.54) is 11.8 Å². The number of rotatable bonds is 6. The molecule has 4 heteroatoms. The van der Waals surface area contributed by atoms with E-state index in [1.807, 2.05) is 27.0 Å². The van der Waals surface area contributed by atoms with Crippen LogP contribution < -0.4 is 5.32 Å². The highest BCUT2D eigenvalue weighted by Gasteiger charge is 2.15. The normalized spacial score (nSPS) is 17.2. The first-order chi connectivity index (χ1) is 6.52. The summed E-state index contributed by atoms with van der Waals surface area (Å²) in [4.78, 5) is 11.3. The van der Waals surface area contributed by atoms with Crippen molar-refractivity contribution < 1.29 is 9.90 Å². The van der Waals surface area contributed by atoms with Crippen molar-refractivity contribution in [2.45, 2.75) is 38.5 Å². The van der Waals surface area contributed by atoms with Crippen LogP contribution in [0.5, 0.6) is 0 Å². The van der Waals surface area contributed by atoms with Gasteiger partial charge in [0.25, 0.3) is 0 Å². The molecule has 0 aromatic carbocycles. The van der Waals surface area contributed by atoms with Crippen LogP contribution >= 0.6 is 11.8 Å². The van der Waals surface area contributed by atoms with Crippen LogP contribution in [0.3, 0.4) is 0 Å². The molecule has 0 bridgehead atoms. The highest BCUT2D eigenvalue weighted by atomic mass is 32.2. The SMILES string of the molecule is CCC(C)C(O)CNC(=O)C(C)SC. The summed E-state index contributed by atoms with van der Waals surface area (Å²) in [5.74, 6) is 0.236. The van der Waals surface area contributed by atoms with Crippen molar-refractivity contribution in [3.63, 3.8) is 0 Å². The number of thioether (sulfide) groups is 1. The molecule has 0 aromatic rings. The van der Waals surface area contributed by atoms with E-state index >= 15 is 0 Å². The lowest BCUT2D eigenvalue weighted by molar-refractivity contribution is -0.120. The first-order valence-corrected chi connectivity index (χ1v) is 6.30. The van der Waals surface area contributed by atoms with E-state index in [9.17, 15) is 9.90 Å². The summed E-state index contributed by atoms with van der Waals surface area (Å²) in [6, 6.07) is 0. The Kier molecular flexibility index (Phi) is 7.01. The monoisotopic (exact) mass is 219 g/mol. The average Bonchev–Trinajstić information content (AvgIpc) is 2.22. The molecule has 2 N–H and O–H groups in total. The Labute approximate surface area is 90.7 Å². The van der Waals surface area contributed by atoms with Crippen molar-refractivity contribution in [3.8, 4) is 0 Å². The lowest BCUT2D eigenvalue weighted by Crippen LogP contribution is -2.38. The van der Waals surface area contributed by atoms with Gasteiger partial charge in [-0.05, 0) is 19.1 Å². The number of nitrogens with one attached hydrogen (secondary N) is 1. The number of aliphatic hydroxyl groups excluding tert-OH is 1. The molecule has 0 rings (SSSR count). The van der Waals surface area contributed by atoms with Gasteiger partial charge in [0.05, 0.1) is 11.4 Å². The maximum Gasteiger partial charge on any atom is 0.232 e. The van der Waals surface area contributed by atoms with Gasteiger partial charge in [-0.15, -0.1) is 0 Å². The zero-order valence-electron chi connectivity index (χ0n) is 9.41. The Bertz CT molecular complexity index is 176. The zero-order chi connectivity index (χ0) is 11.1. The summed E-state index contributed by atoms with van der Waals surface area (Å²) in [6.45, 7) is 6.23. The van der Waals surface area contributed by atoms with Crippen molar-refractivity contribution in [2.75, 3.05) is 12.8 Å². The molecular weight excluding hydrogens is 198 g/mol. The first kappa shape index (κ1) is 13.8. The van der Waals surface area contributed by atoms with Gasteiger partial charge in [0.1, 0.15) is 0 Å². The predicted molar refractivity (Wildman–Crippen MR) is 61.4 cm³/mol. The molecule has 0 fully saturated rings. The Morgan fingerprint density at radius 1 is 1.50 bits per heavy atom. The molecule has 0 heterocycles. The molecule has 0 aliphatic carbocycles. The highest BCUT2D eigenvalue weighted by molar-refractivity contribution is 7.99. The largest absolute Gasteiger partial charge is 0.391 e. The van der Waals surface area contributed by atoms with Gasteiger partial charge in [0.2, 0.25) is 5.91 Å². The second kappa shape index (κ2) is 7.12. The van der Waals surface area contributed by atoms with Crippen LogP contribution in [0.1, 0.15) is 27.2 Å². The predicted octanol–water partition coefficient (Wildman–Crippen LogP) is 1.26. The Morgan fingerprint density at radius 3 is 2.50 bits per heavy atom. The Morgan fingerprint density at radius 2 is 2.07 bits per heavy atom. The molecule has 3 unspecified atom stereocenters. The fourth-order valence-corrected chi connectivity index (χ4v) is 1.23. The van der Waals surface area contributed by atoms with Crippen molar-refractivity contribution in [2.24, 2.45) is 5.92 Å². The lowest BCUT2D eigenvalue weighted by atomic mass is 10.0. The molecule has 14 heavy (non-hydrogen) atoms. The molecule has 0 saturated carbocycles. The quantitative estimate of drug-likeness (QED) is 0.707. The van der Waals surface area contributed by atoms with Gasteiger partial charge in [0.15, 0.2) is 0 Å². The summed E-state index contributed by atoms with van der Waals surface area (Å²) in [7, 11) is 0. The number of hydrogen-bond donors (Lipinski definition) is 2. The van der Waals surface area contributed by atoms with Gasteiger partial charge in [-0.25, -0.2) is 0 Å². The van der Waals surface area contributed by atoms with Gasteiger partial charge in [-0.1, -0.05) is 20.3 Å². The molecular formula is C10H21NO2S. The lowest BCUT2D eigenvalue weighted by Gasteiger charge is -2.18. The van der Waals surface area contributed by atoms with Crippen LogP contribution in [0.25, 0.3) is 0 Å². The van der Waals surface area contributed by atoms with E-state index in [0.29, 0.717) is 6.54 Å². The average molecular weight is 219 g/mol. The third kappa shape index (κ3) is 4.86. The van der Waals surface area contributed by atoms with E-state index in [-0.39, 0.29) is 17.1 Å². The topological polar surface area (TPSA) is 49.3 Å². The van der Waals surface area contributed by atoms with Gasteiger partial charge in [-0.2, -0.15) is 11.8 Å². The minimum atomic E-state index is -0.432. The van der Waals surface area contributed by atoms with Crippen molar-refractivity contribution in [1.29, 1.82) is 0 Å². The van der Waals surface area contributed by atoms with E-state index in [1.54, 1.807) is 0 Å². The highest BCUT2D eigenvalue weighted by Crippen LogP contribution is 2.07. The van der Waals surface area contributed by atoms with E-state index in [4.69, 9.17) is 0 Å². The van der Waals surface area contributed by atoms with Crippen LogP contribution in [-0.2, 0) is 4.79 Å². The molecule has 0 aliphatic heterocycles. The molecule has 0 radical (unpaired) electrons. The maximum absolute atomic E-state index is 11.3. The fraction of sp³-hybridized carbons (Fsp3) is 0.900. The zero-order valence-corrected chi connectivity index (χ0v) is 10.2. The second-order valence-corrected chi connectivity index (χ2v) is 4.75. The summed E-state index contributed by atoms with van der Waals surface area (Å²) < 4.78 is 0. The molecule has 0 aromatic heterocycles. The number of amides is 1. The number of hydrogen-bond acceptors (Lipinski definition) is 3. The minimum Gasteiger partial charge on any atom is -0.391 e. The Hall–Kier alpha value is -0.220. The fourth-order valence-electron chi connectivity index (χ4n) is 0.929. The summed E-state index contributed by atoms with van der Waals surface area (Å²) in [5.41, 5.74) is 0. The Balaban J connectivity index is 3.77. The third-order valence-electron chi connectivity index (χ3n) is 2.51. The number of aliphatic hydroxyl groups is 1. The molecule has 84 valence electrons. The van der Waals surface area contributed by atoms with Crippen LogP contribution in [0.4, 0.5) is 0 Å². The molecule has 3 nitrogen and oxygen atoms in total. The van der Waals surface area contributed by atoms with Gasteiger partial charge in [0, 0.05) is 6.54 Å². The van der Waals surface area contributed by atoms with Gasteiger partial charge < -0.3 is 10.4 Å². The molecule has 0 spiro atoms. The van der Waals surface area contributed by atoms with Crippen molar-refractivity contribution in [1.82, 2.24) is 5.32 Å². The van der Waals surface area contributed by atoms with E-state index in [2.05, 4.69) is 5.32 Å². The number of carbonyl (C=O) groups excluding carboxylic acids is 1. The van der Waals surface area contributed by atoms with E-state index < -0.39 is 6.10 Å². The summed E-state index contributed by atoms with van der Waals surface area (Å²) in [6.07, 6.45) is 2.39. The minimum absolute atomic E-state index is 0.000136. The first-order valence-electron chi connectivity index (χ1n) is 5.01.